The number of aromatic nitrogens is 2. The maximum atomic E-state index is 12.7. The zero-order valence-corrected chi connectivity index (χ0v) is 15.4. The summed E-state index contributed by atoms with van der Waals surface area (Å²) in [5.74, 6) is 0. The first kappa shape index (κ1) is 18.4. The van der Waals surface area contributed by atoms with E-state index in [4.69, 9.17) is 4.74 Å². The van der Waals surface area contributed by atoms with Gasteiger partial charge in [-0.3, -0.25) is 4.68 Å². The molecule has 1 N–H and O–H groups in total. The molecule has 132 valence electrons. The highest BCUT2D eigenvalue weighted by molar-refractivity contribution is 7.89. The lowest BCUT2D eigenvalue weighted by atomic mass is 9.92. The van der Waals surface area contributed by atoms with Crippen LogP contribution in [0.3, 0.4) is 0 Å². The highest BCUT2D eigenvalue weighted by Crippen LogP contribution is 2.33. The summed E-state index contributed by atoms with van der Waals surface area (Å²) in [4.78, 5) is 0.314. The summed E-state index contributed by atoms with van der Waals surface area (Å²) in [5, 5.41) is 4.65. The molecule has 0 radical (unpaired) electrons. The molecule has 0 amide bonds. The van der Waals surface area contributed by atoms with Crippen LogP contribution in [0.2, 0.25) is 0 Å². The predicted octanol–water partition coefficient (Wildman–Crippen LogP) is 2.61. The number of nitrogens with zero attached hydrogens (tertiary/aromatic N) is 2. The van der Waals surface area contributed by atoms with Gasteiger partial charge in [0, 0.05) is 31.9 Å². The molecule has 1 aromatic heterocycles. The van der Waals surface area contributed by atoms with Crippen LogP contribution in [0.1, 0.15) is 64.6 Å². The van der Waals surface area contributed by atoms with Crippen LogP contribution in [-0.4, -0.2) is 38.5 Å². The highest BCUT2D eigenvalue weighted by atomic mass is 32.2. The van der Waals surface area contributed by atoms with E-state index < -0.39 is 10.0 Å². The minimum Gasteiger partial charge on any atom is -0.385 e. The van der Waals surface area contributed by atoms with E-state index in [1.165, 1.54) is 12.8 Å². The Labute approximate surface area is 139 Å². The van der Waals surface area contributed by atoms with Crippen molar-refractivity contribution in [3.05, 3.63) is 11.9 Å². The molecule has 1 aliphatic rings. The van der Waals surface area contributed by atoms with Crippen LogP contribution in [0.5, 0.6) is 0 Å². The van der Waals surface area contributed by atoms with Crippen LogP contribution in [0.15, 0.2) is 11.1 Å². The van der Waals surface area contributed by atoms with Crippen LogP contribution >= 0.6 is 0 Å². The molecule has 23 heavy (non-hydrogen) atoms. The third-order valence-electron chi connectivity index (χ3n) is 4.21. The SMILES string of the molecule is COCCCNS(=O)(=O)c1cn(C2CCCC2)nc1C(C)(C)C. The van der Waals surface area contributed by atoms with Gasteiger partial charge in [-0.1, -0.05) is 33.6 Å². The van der Waals surface area contributed by atoms with Gasteiger partial charge >= 0.3 is 0 Å². The standard InChI is InChI=1S/C16H29N3O3S/c1-16(2,3)15-14(23(20,21)17-10-7-11-22-4)12-19(18-15)13-8-5-6-9-13/h12-13,17H,5-11H2,1-4H3. The van der Waals surface area contributed by atoms with Gasteiger partial charge in [0.1, 0.15) is 4.90 Å². The lowest BCUT2D eigenvalue weighted by molar-refractivity contribution is 0.196. The van der Waals surface area contributed by atoms with Crippen molar-refractivity contribution in [2.24, 2.45) is 0 Å². The minimum atomic E-state index is -3.55. The molecule has 0 aliphatic heterocycles. The van der Waals surface area contributed by atoms with Crippen molar-refractivity contribution >= 4 is 10.0 Å². The Morgan fingerprint density at radius 1 is 1.35 bits per heavy atom. The van der Waals surface area contributed by atoms with E-state index in [0.717, 1.165) is 12.8 Å². The van der Waals surface area contributed by atoms with Crippen molar-refractivity contribution in [1.82, 2.24) is 14.5 Å². The van der Waals surface area contributed by atoms with Gasteiger partial charge in [-0.25, -0.2) is 13.1 Å². The second kappa shape index (κ2) is 7.32. The Kier molecular flexibility index (Phi) is 5.86. The molecular formula is C16H29N3O3S. The van der Waals surface area contributed by atoms with Gasteiger partial charge in [0.2, 0.25) is 10.0 Å². The molecule has 0 atom stereocenters. The molecule has 0 spiro atoms. The first-order valence-electron chi connectivity index (χ1n) is 8.34. The quantitative estimate of drug-likeness (QED) is 0.772. The number of rotatable bonds is 7. The Morgan fingerprint density at radius 2 is 2.00 bits per heavy atom. The van der Waals surface area contributed by atoms with Crippen molar-refractivity contribution in [2.45, 2.75) is 69.2 Å². The normalized spacial score (nSPS) is 17.0. The topological polar surface area (TPSA) is 73.2 Å². The lowest BCUT2D eigenvalue weighted by Crippen LogP contribution is -2.28. The van der Waals surface area contributed by atoms with Crippen LogP contribution in [-0.2, 0) is 20.2 Å². The molecule has 1 aliphatic carbocycles. The van der Waals surface area contributed by atoms with Gasteiger partial charge in [0.25, 0.3) is 0 Å². The van der Waals surface area contributed by atoms with Gasteiger partial charge in [0.15, 0.2) is 0 Å². The minimum absolute atomic E-state index is 0.314. The number of ether oxygens (including phenoxy) is 1. The van der Waals surface area contributed by atoms with E-state index in [1.54, 1.807) is 13.3 Å². The van der Waals surface area contributed by atoms with Crippen molar-refractivity contribution in [1.29, 1.82) is 0 Å². The monoisotopic (exact) mass is 343 g/mol. The second-order valence-electron chi connectivity index (χ2n) is 7.25. The molecular weight excluding hydrogens is 314 g/mol. The smallest absolute Gasteiger partial charge is 0.243 e. The third kappa shape index (κ3) is 4.55. The second-order valence-corrected chi connectivity index (χ2v) is 8.99. The number of methoxy groups -OCH3 is 1. The summed E-state index contributed by atoms with van der Waals surface area (Å²) in [6, 6.07) is 0.327. The first-order valence-corrected chi connectivity index (χ1v) is 9.82. The fraction of sp³-hybridized carbons (Fsp3) is 0.812. The predicted molar refractivity (Wildman–Crippen MR) is 90.1 cm³/mol. The largest absolute Gasteiger partial charge is 0.385 e. The molecule has 1 fully saturated rings. The van der Waals surface area contributed by atoms with Gasteiger partial charge < -0.3 is 4.74 Å². The molecule has 1 aromatic rings. The fourth-order valence-electron chi connectivity index (χ4n) is 2.95. The summed E-state index contributed by atoms with van der Waals surface area (Å²) in [6.45, 7) is 6.90. The lowest BCUT2D eigenvalue weighted by Gasteiger charge is -2.18. The van der Waals surface area contributed by atoms with Gasteiger partial charge in [0.05, 0.1) is 11.7 Å². The molecule has 2 rings (SSSR count). The molecule has 1 saturated carbocycles. The molecule has 6 nitrogen and oxygen atoms in total. The zero-order valence-electron chi connectivity index (χ0n) is 14.6. The fourth-order valence-corrected chi connectivity index (χ4v) is 4.36. The van der Waals surface area contributed by atoms with E-state index in [-0.39, 0.29) is 5.41 Å². The average molecular weight is 343 g/mol. The zero-order chi connectivity index (χ0) is 17.1. The highest BCUT2D eigenvalue weighted by Gasteiger charge is 2.31. The van der Waals surface area contributed by atoms with Crippen molar-refractivity contribution in [3.8, 4) is 0 Å². The first-order chi connectivity index (χ1) is 10.8. The Hall–Kier alpha value is -0.920. The Morgan fingerprint density at radius 3 is 2.57 bits per heavy atom. The molecule has 0 saturated heterocycles. The Bertz CT molecular complexity index is 611. The van der Waals surface area contributed by atoms with Crippen LogP contribution in [0, 0.1) is 0 Å². The van der Waals surface area contributed by atoms with Crippen molar-refractivity contribution < 1.29 is 13.2 Å². The molecule has 1 heterocycles. The summed E-state index contributed by atoms with van der Waals surface area (Å²) < 4.78 is 34.9. The van der Waals surface area contributed by atoms with E-state index in [1.807, 2.05) is 25.5 Å². The Balaban J connectivity index is 2.27. The number of hydrogen-bond donors (Lipinski definition) is 1. The number of hydrogen-bond acceptors (Lipinski definition) is 4. The van der Waals surface area contributed by atoms with E-state index in [0.29, 0.717) is 36.2 Å². The number of sulfonamides is 1. The van der Waals surface area contributed by atoms with Crippen molar-refractivity contribution in [3.63, 3.8) is 0 Å². The van der Waals surface area contributed by atoms with E-state index in [2.05, 4.69) is 9.82 Å². The molecule has 0 bridgehead atoms. The summed E-state index contributed by atoms with van der Waals surface area (Å²) >= 11 is 0. The molecule has 0 unspecified atom stereocenters. The number of nitrogens with one attached hydrogen (secondary N) is 1. The van der Waals surface area contributed by atoms with Gasteiger partial charge in [-0.2, -0.15) is 5.10 Å². The maximum absolute atomic E-state index is 12.7. The summed E-state index contributed by atoms with van der Waals surface area (Å²) in [7, 11) is -1.94. The third-order valence-corrected chi connectivity index (χ3v) is 5.68. The van der Waals surface area contributed by atoms with E-state index >= 15 is 0 Å². The maximum Gasteiger partial charge on any atom is 0.243 e. The van der Waals surface area contributed by atoms with Crippen LogP contribution in [0.4, 0.5) is 0 Å². The van der Waals surface area contributed by atoms with Gasteiger partial charge in [-0.05, 0) is 19.3 Å². The summed E-state index contributed by atoms with van der Waals surface area (Å²) in [5.41, 5.74) is 0.323. The van der Waals surface area contributed by atoms with Crippen LogP contribution < -0.4 is 4.72 Å². The van der Waals surface area contributed by atoms with E-state index in [9.17, 15) is 8.42 Å². The average Bonchev–Trinajstić information content (AvgIpc) is 3.10. The van der Waals surface area contributed by atoms with Gasteiger partial charge in [-0.15, -0.1) is 0 Å². The molecule has 0 aromatic carbocycles. The van der Waals surface area contributed by atoms with Crippen molar-refractivity contribution in [2.75, 3.05) is 20.3 Å². The molecule has 7 heteroatoms. The summed E-state index contributed by atoms with van der Waals surface area (Å²) in [6.07, 6.45) is 6.89. The van der Waals surface area contributed by atoms with Crippen LogP contribution in [0.25, 0.3) is 0 Å².